The van der Waals surface area contributed by atoms with E-state index in [1.807, 2.05) is 4.90 Å². The van der Waals surface area contributed by atoms with E-state index >= 15 is 0 Å². The summed E-state index contributed by atoms with van der Waals surface area (Å²) in [4.78, 5) is 35.0. The molecule has 7 heteroatoms. The molecule has 3 amide bonds. The minimum absolute atomic E-state index is 0.0831. The van der Waals surface area contributed by atoms with Crippen LogP contribution in [0.3, 0.4) is 0 Å². The van der Waals surface area contributed by atoms with Gasteiger partial charge < -0.3 is 10.4 Å². The molecule has 18 heavy (non-hydrogen) atoms. The lowest BCUT2D eigenvalue weighted by molar-refractivity contribution is -0.145. The molecule has 1 unspecified atom stereocenters. The summed E-state index contributed by atoms with van der Waals surface area (Å²) in [5, 5.41) is 13.5. The van der Waals surface area contributed by atoms with Gasteiger partial charge in [0.1, 0.15) is 0 Å². The van der Waals surface area contributed by atoms with Crippen molar-refractivity contribution in [1.29, 1.82) is 0 Å². The highest BCUT2D eigenvalue weighted by atomic mass is 16.4. The van der Waals surface area contributed by atoms with Gasteiger partial charge in [-0.25, -0.2) is 4.79 Å². The Bertz CT molecular complexity index is 339. The Morgan fingerprint density at radius 2 is 2.00 bits per heavy atom. The lowest BCUT2D eigenvalue weighted by atomic mass is 9.87. The normalized spacial score (nSPS) is 17.7. The smallest absolute Gasteiger partial charge is 0.321 e. The fourth-order valence-electron chi connectivity index (χ4n) is 1.83. The topological polar surface area (TPSA) is 98.7 Å². The average Bonchev–Trinajstić information content (AvgIpc) is 2.21. The predicted octanol–water partition coefficient (Wildman–Crippen LogP) is -0.515. The number of rotatable bonds is 5. The summed E-state index contributed by atoms with van der Waals surface area (Å²) in [6.45, 7) is 5.17. The number of carboxylic acid groups (broad SMARTS) is 1. The highest BCUT2D eigenvalue weighted by Crippen LogP contribution is 2.23. The maximum atomic E-state index is 11.4. The zero-order chi connectivity index (χ0) is 13.7. The average molecular weight is 257 g/mol. The minimum atomic E-state index is -0.813. The summed E-state index contributed by atoms with van der Waals surface area (Å²) in [5.41, 5.74) is 0. The molecule has 0 spiro atoms. The summed E-state index contributed by atoms with van der Waals surface area (Å²) in [6, 6.07) is -0.501. The fourth-order valence-corrected chi connectivity index (χ4v) is 1.83. The molecule has 1 saturated heterocycles. The Balaban J connectivity index is 2.21. The molecule has 1 heterocycles. The van der Waals surface area contributed by atoms with Crippen LogP contribution in [0.15, 0.2) is 0 Å². The molecule has 0 radical (unpaired) electrons. The SMILES string of the molecule is CCNC(=O)NC(=O)CN1CC(C(C)C(=O)O)C1. The van der Waals surface area contributed by atoms with E-state index in [1.165, 1.54) is 0 Å². The molecule has 0 aromatic carbocycles. The molecule has 0 aromatic heterocycles. The molecule has 1 aliphatic heterocycles. The number of carboxylic acids is 1. The van der Waals surface area contributed by atoms with Gasteiger partial charge >= 0.3 is 12.0 Å². The van der Waals surface area contributed by atoms with E-state index in [0.29, 0.717) is 19.6 Å². The molecule has 1 rings (SSSR count). The van der Waals surface area contributed by atoms with Crippen LogP contribution in [-0.2, 0) is 9.59 Å². The summed E-state index contributed by atoms with van der Waals surface area (Å²) in [7, 11) is 0. The van der Waals surface area contributed by atoms with Crippen LogP contribution >= 0.6 is 0 Å². The van der Waals surface area contributed by atoms with Gasteiger partial charge in [0.2, 0.25) is 5.91 Å². The van der Waals surface area contributed by atoms with Gasteiger partial charge in [-0.1, -0.05) is 6.92 Å². The van der Waals surface area contributed by atoms with Gasteiger partial charge in [-0.2, -0.15) is 0 Å². The fraction of sp³-hybridized carbons (Fsp3) is 0.727. The van der Waals surface area contributed by atoms with Crippen molar-refractivity contribution in [1.82, 2.24) is 15.5 Å². The van der Waals surface area contributed by atoms with Crippen molar-refractivity contribution in [3.63, 3.8) is 0 Å². The third kappa shape index (κ3) is 3.99. The van der Waals surface area contributed by atoms with Gasteiger partial charge in [0, 0.05) is 19.6 Å². The molecule has 1 aliphatic rings. The number of likely N-dealkylation sites (tertiary alicyclic amines) is 1. The monoisotopic (exact) mass is 257 g/mol. The number of aliphatic carboxylic acids is 1. The second kappa shape index (κ2) is 6.34. The Kier molecular flexibility index (Phi) is 5.08. The second-order valence-corrected chi connectivity index (χ2v) is 4.49. The zero-order valence-electron chi connectivity index (χ0n) is 10.6. The highest BCUT2D eigenvalue weighted by molar-refractivity contribution is 5.95. The third-order valence-corrected chi connectivity index (χ3v) is 3.04. The number of urea groups is 1. The van der Waals surface area contributed by atoms with Crippen molar-refractivity contribution in [3.05, 3.63) is 0 Å². The molecule has 1 atom stereocenters. The molecule has 0 bridgehead atoms. The lowest BCUT2D eigenvalue weighted by Crippen LogP contribution is -2.54. The van der Waals surface area contributed by atoms with Crippen molar-refractivity contribution in [3.8, 4) is 0 Å². The summed E-state index contributed by atoms with van der Waals surface area (Å²) >= 11 is 0. The number of nitrogens with one attached hydrogen (secondary N) is 2. The van der Waals surface area contributed by atoms with E-state index in [2.05, 4.69) is 10.6 Å². The van der Waals surface area contributed by atoms with Gasteiger partial charge in [-0.15, -0.1) is 0 Å². The zero-order valence-corrected chi connectivity index (χ0v) is 10.6. The first kappa shape index (κ1) is 14.4. The van der Waals surface area contributed by atoms with Gasteiger partial charge in [-0.3, -0.25) is 19.8 Å². The van der Waals surface area contributed by atoms with Crippen molar-refractivity contribution in [2.75, 3.05) is 26.2 Å². The first-order valence-electron chi connectivity index (χ1n) is 5.96. The van der Waals surface area contributed by atoms with Gasteiger partial charge in [0.05, 0.1) is 12.5 Å². The quantitative estimate of drug-likeness (QED) is 0.616. The lowest BCUT2D eigenvalue weighted by Gasteiger charge is -2.40. The van der Waals surface area contributed by atoms with Gasteiger partial charge in [0.25, 0.3) is 0 Å². The van der Waals surface area contributed by atoms with Crippen LogP contribution < -0.4 is 10.6 Å². The Morgan fingerprint density at radius 3 is 2.50 bits per heavy atom. The van der Waals surface area contributed by atoms with Gasteiger partial charge in [-0.05, 0) is 12.8 Å². The van der Waals surface area contributed by atoms with Crippen LogP contribution in [-0.4, -0.2) is 54.1 Å². The van der Waals surface area contributed by atoms with E-state index in [1.54, 1.807) is 13.8 Å². The molecule has 7 nitrogen and oxygen atoms in total. The number of nitrogens with zero attached hydrogens (tertiary/aromatic N) is 1. The maximum Gasteiger partial charge on any atom is 0.321 e. The van der Waals surface area contributed by atoms with Crippen molar-refractivity contribution < 1.29 is 19.5 Å². The number of imide groups is 1. The molecule has 0 saturated carbocycles. The minimum Gasteiger partial charge on any atom is -0.481 e. The van der Waals surface area contributed by atoms with Crippen molar-refractivity contribution >= 4 is 17.9 Å². The van der Waals surface area contributed by atoms with E-state index in [9.17, 15) is 14.4 Å². The van der Waals surface area contributed by atoms with Crippen molar-refractivity contribution in [2.45, 2.75) is 13.8 Å². The van der Waals surface area contributed by atoms with Crippen LogP contribution in [0.25, 0.3) is 0 Å². The Labute approximate surface area is 106 Å². The first-order chi connectivity index (χ1) is 8.43. The highest BCUT2D eigenvalue weighted by Gasteiger charge is 2.35. The van der Waals surface area contributed by atoms with Crippen LogP contribution in [0.4, 0.5) is 4.79 Å². The maximum absolute atomic E-state index is 11.4. The van der Waals surface area contributed by atoms with Crippen LogP contribution in [0.5, 0.6) is 0 Å². The van der Waals surface area contributed by atoms with Crippen LogP contribution in [0.1, 0.15) is 13.8 Å². The van der Waals surface area contributed by atoms with E-state index in [0.717, 1.165) is 0 Å². The van der Waals surface area contributed by atoms with Crippen LogP contribution in [0.2, 0.25) is 0 Å². The van der Waals surface area contributed by atoms with E-state index in [-0.39, 0.29) is 18.4 Å². The molecule has 0 aromatic rings. The number of hydrogen-bond acceptors (Lipinski definition) is 4. The summed E-state index contributed by atoms with van der Waals surface area (Å²) in [6.07, 6.45) is 0. The standard InChI is InChI=1S/C11H19N3O4/c1-3-12-11(18)13-9(15)6-14-4-8(5-14)7(2)10(16)17/h7-8H,3-6H2,1-2H3,(H,16,17)(H2,12,13,15,18). The molecular formula is C11H19N3O4. The number of hydrogen-bond donors (Lipinski definition) is 3. The van der Waals surface area contributed by atoms with Crippen molar-refractivity contribution in [2.24, 2.45) is 11.8 Å². The summed E-state index contributed by atoms with van der Waals surface area (Å²) in [5.74, 6) is -1.50. The molecule has 102 valence electrons. The summed E-state index contributed by atoms with van der Waals surface area (Å²) < 4.78 is 0. The number of carbonyl (C=O) groups excluding carboxylic acids is 2. The Hall–Kier alpha value is -1.63. The molecule has 1 fully saturated rings. The largest absolute Gasteiger partial charge is 0.481 e. The molecule has 0 aliphatic carbocycles. The van der Waals surface area contributed by atoms with E-state index in [4.69, 9.17) is 5.11 Å². The number of amides is 3. The molecule has 3 N–H and O–H groups in total. The van der Waals surface area contributed by atoms with Gasteiger partial charge in [0.15, 0.2) is 0 Å². The first-order valence-corrected chi connectivity index (χ1v) is 5.96. The van der Waals surface area contributed by atoms with Crippen LogP contribution in [0, 0.1) is 11.8 Å². The van der Waals surface area contributed by atoms with E-state index < -0.39 is 17.9 Å². The number of carbonyl (C=O) groups is 3. The molecular weight excluding hydrogens is 238 g/mol. The second-order valence-electron chi connectivity index (χ2n) is 4.49. The predicted molar refractivity (Wildman–Crippen MR) is 63.9 cm³/mol. The third-order valence-electron chi connectivity index (χ3n) is 3.04. The Morgan fingerprint density at radius 1 is 1.39 bits per heavy atom.